The molecule has 1 fully saturated rings. The van der Waals surface area contributed by atoms with E-state index in [1.165, 1.54) is 11.6 Å². The molecule has 2 aromatic carbocycles. The van der Waals surface area contributed by atoms with Crippen LogP contribution >= 0.6 is 0 Å². The van der Waals surface area contributed by atoms with E-state index in [0.29, 0.717) is 18.9 Å². The third-order valence-corrected chi connectivity index (χ3v) is 6.00. The maximum atomic E-state index is 13.3. The summed E-state index contributed by atoms with van der Waals surface area (Å²) in [6.45, 7) is 3.15. The van der Waals surface area contributed by atoms with Crippen LogP contribution in [0.2, 0.25) is 0 Å². The maximum absolute atomic E-state index is 13.3. The van der Waals surface area contributed by atoms with Gasteiger partial charge in [0.25, 0.3) is 0 Å². The van der Waals surface area contributed by atoms with Crippen molar-refractivity contribution in [2.75, 3.05) is 44.7 Å². The SMILES string of the molecule is CN=C(NCCOc1ccc(F)c(F)c1)N1CC(CCN2CCCC2=O)c2ccccc21. The molecule has 1 N–H and O–H groups in total. The molecule has 2 heterocycles. The first kappa shape index (κ1) is 22.0. The number of likely N-dealkylation sites (tertiary alicyclic amines) is 1. The third-order valence-electron chi connectivity index (χ3n) is 6.00. The average molecular weight is 443 g/mol. The topological polar surface area (TPSA) is 57.2 Å². The molecule has 170 valence electrons. The van der Waals surface area contributed by atoms with Crippen molar-refractivity contribution >= 4 is 17.6 Å². The van der Waals surface area contributed by atoms with Crippen molar-refractivity contribution in [1.29, 1.82) is 0 Å². The molecule has 8 heteroatoms. The van der Waals surface area contributed by atoms with Crippen molar-refractivity contribution in [2.24, 2.45) is 4.99 Å². The molecule has 0 bridgehead atoms. The van der Waals surface area contributed by atoms with Gasteiger partial charge in [-0.15, -0.1) is 0 Å². The van der Waals surface area contributed by atoms with Crippen LogP contribution in [0.4, 0.5) is 14.5 Å². The number of carbonyl (C=O) groups excluding carboxylic acids is 1. The van der Waals surface area contributed by atoms with Crippen molar-refractivity contribution in [2.45, 2.75) is 25.2 Å². The molecule has 0 radical (unpaired) electrons. The number of nitrogens with one attached hydrogen (secondary N) is 1. The highest BCUT2D eigenvalue weighted by molar-refractivity contribution is 5.98. The second-order valence-electron chi connectivity index (χ2n) is 8.04. The van der Waals surface area contributed by atoms with Gasteiger partial charge in [0.05, 0.1) is 6.54 Å². The fraction of sp³-hybridized carbons (Fsp3) is 0.417. The van der Waals surface area contributed by atoms with Crippen LogP contribution in [0.1, 0.15) is 30.7 Å². The summed E-state index contributed by atoms with van der Waals surface area (Å²) in [7, 11) is 1.73. The monoisotopic (exact) mass is 442 g/mol. The van der Waals surface area contributed by atoms with Gasteiger partial charge in [-0.1, -0.05) is 18.2 Å². The molecule has 2 aliphatic heterocycles. The summed E-state index contributed by atoms with van der Waals surface area (Å²) in [5.74, 6) is -0.244. The number of ether oxygens (including phenoxy) is 1. The average Bonchev–Trinajstić information content (AvgIpc) is 3.38. The van der Waals surface area contributed by atoms with E-state index >= 15 is 0 Å². The molecule has 6 nitrogen and oxygen atoms in total. The van der Waals surface area contributed by atoms with Crippen LogP contribution in [0.3, 0.4) is 0 Å². The normalized spacial score (nSPS) is 18.3. The van der Waals surface area contributed by atoms with Crippen LogP contribution in [-0.4, -0.2) is 56.6 Å². The third kappa shape index (κ3) is 4.84. The Balaban J connectivity index is 1.34. The van der Waals surface area contributed by atoms with Crippen molar-refractivity contribution < 1.29 is 18.3 Å². The summed E-state index contributed by atoms with van der Waals surface area (Å²) in [6.07, 6.45) is 2.53. The Labute approximate surface area is 186 Å². The number of nitrogens with zero attached hydrogens (tertiary/aromatic N) is 3. The highest BCUT2D eigenvalue weighted by Gasteiger charge is 2.32. The van der Waals surface area contributed by atoms with Gasteiger partial charge in [-0.2, -0.15) is 0 Å². The van der Waals surface area contributed by atoms with Gasteiger partial charge in [0.2, 0.25) is 5.91 Å². The second kappa shape index (κ2) is 9.97. The summed E-state index contributed by atoms with van der Waals surface area (Å²) in [4.78, 5) is 20.5. The molecule has 0 spiro atoms. The number of hydrogen-bond acceptors (Lipinski definition) is 3. The molecule has 32 heavy (non-hydrogen) atoms. The van der Waals surface area contributed by atoms with E-state index in [0.717, 1.165) is 56.3 Å². The Morgan fingerprint density at radius 3 is 2.81 bits per heavy atom. The number of halogens is 2. The van der Waals surface area contributed by atoms with Crippen molar-refractivity contribution in [3.63, 3.8) is 0 Å². The molecular weight excluding hydrogens is 414 g/mol. The van der Waals surface area contributed by atoms with Crippen molar-refractivity contribution in [3.8, 4) is 5.75 Å². The molecule has 1 unspecified atom stereocenters. The van der Waals surface area contributed by atoms with E-state index in [-0.39, 0.29) is 18.3 Å². The molecule has 1 saturated heterocycles. The molecular formula is C24H28F2N4O2. The quantitative estimate of drug-likeness (QED) is 0.405. The second-order valence-corrected chi connectivity index (χ2v) is 8.04. The summed E-state index contributed by atoms with van der Waals surface area (Å²) in [5, 5.41) is 3.29. The van der Waals surface area contributed by atoms with Crippen LogP contribution in [0, 0.1) is 11.6 Å². The first-order chi connectivity index (χ1) is 15.6. The Morgan fingerprint density at radius 1 is 1.22 bits per heavy atom. The molecule has 1 amide bonds. The van der Waals surface area contributed by atoms with E-state index in [4.69, 9.17) is 4.74 Å². The summed E-state index contributed by atoms with van der Waals surface area (Å²) in [6, 6.07) is 11.8. The van der Waals surface area contributed by atoms with Crippen LogP contribution in [0.25, 0.3) is 0 Å². The van der Waals surface area contributed by atoms with E-state index in [2.05, 4.69) is 27.3 Å². The van der Waals surface area contributed by atoms with Gasteiger partial charge in [-0.3, -0.25) is 9.79 Å². The number of carbonyl (C=O) groups is 1. The van der Waals surface area contributed by atoms with Gasteiger partial charge in [-0.05, 0) is 36.6 Å². The van der Waals surface area contributed by atoms with Crippen molar-refractivity contribution in [1.82, 2.24) is 10.2 Å². The number of hydrogen-bond donors (Lipinski definition) is 1. The Kier molecular flexibility index (Phi) is 6.87. The van der Waals surface area contributed by atoms with Gasteiger partial charge < -0.3 is 19.9 Å². The zero-order valence-electron chi connectivity index (χ0n) is 18.2. The Hall–Kier alpha value is -3.16. The summed E-state index contributed by atoms with van der Waals surface area (Å²) in [5.41, 5.74) is 2.38. The first-order valence-corrected chi connectivity index (χ1v) is 11.0. The van der Waals surface area contributed by atoms with E-state index in [1.807, 2.05) is 17.0 Å². The molecule has 2 aliphatic rings. The van der Waals surface area contributed by atoms with Gasteiger partial charge >= 0.3 is 0 Å². The van der Waals surface area contributed by atoms with E-state index < -0.39 is 11.6 Å². The summed E-state index contributed by atoms with van der Waals surface area (Å²) < 4.78 is 31.9. The zero-order chi connectivity index (χ0) is 22.5. The molecule has 2 aromatic rings. The lowest BCUT2D eigenvalue weighted by molar-refractivity contribution is -0.127. The highest BCUT2D eigenvalue weighted by atomic mass is 19.2. The number of benzene rings is 2. The minimum atomic E-state index is -0.929. The fourth-order valence-electron chi connectivity index (χ4n) is 4.39. The number of para-hydroxylation sites is 1. The highest BCUT2D eigenvalue weighted by Crippen LogP contribution is 2.38. The minimum Gasteiger partial charge on any atom is -0.492 e. The van der Waals surface area contributed by atoms with Gasteiger partial charge in [0.15, 0.2) is 17.6 Å². The van der Waals surface area contributed by atoms with Gasteiger partial charge in [0, 0.05) is 50.8 Å². The molecule has 0 aliphatic carbocycles. The number of anilines is 1. The predicted octanol–water partition coefficient (Wildman–Crippen LogP) is 3.54. The van der Waals surface area contributed by atoms with E-state index in [9.17, 15) is 13.6 Å². The number of fused-ring (bicyclic) bond motifs is 1. The van der Waals surface area contributed by atoms with Crippen molar-refractivity contribution in [3.05, 3.63) is 59.7 Å². The molecule has 0 aromatic heterocycles. The van der Waals surface area contributed by atoms with Crippen LogP contribution in [0.15, 0.2) is 47.5 Å². The lowest BCUT2D eigenvalue weighted by Gasteiger charge is -2.23. The number of amides is 1. The number of guanidine groups is 1. The molecule has 4 rings (SSSR count). The van der Waals surface area contributed by atoms with Crippen LogP contribution in [-0.2, 0) is 4.79 Å². The number of rotatable bonds is 7. The van der Waals surface area contributed by atoms with Gasteiger partial charge in [0.1, 0.15) is 12.4 Å². The van der Waals surface area contributed by atoms with Crippen LogP contribution in [0.5, 0.6) is 5.75 Å². The van der Waals surface area contributed by atoms with Crippen LogP contribution < -0.4 is 15.0 Å². The standard InChI is InChI=1S/C24H28F2N4O2/c1-27-24(28-11-14-32-18-8-9-20(25)21(26)15-18)30-16-17(19-5-2-3-6-22(19)30)10-13-29-12-4-7-23(29)31/h2-3,5-6,8-9,15,17H,4,7,10-14,16H2,1H3,(H,27,28). The Bertz CT molecular complexity index is 998. The fourth-order valence-corrected chi connectivity index (χ4v) is 4.39. The maximum Gasteiger partial charge on any atom is 0.222 e. The largest absolute Gasteiger partial charge is 0.492 e. The predicted molar refractivity (Wildman–Crippen MR) is 120 cm³/mol. The lowest BCUT2D eigenvalue weighted by Crippen LogP contribution is -2.42. The van der Waals surface area contributed by atoms with Gasteiger partial charge in [-0.25, -0.2) is 8.78 Å². The Morgan fingerprint density at radius 2 is 2.06 bits per heavy atom. The first-order valence-electron chi connectivity index (χ1n) is 11.0. The van der Waals surface area contributed by atoms with E-state index in [1.54, 1.807) is 7.05 Å². The number of aliphatic imine (C=N–C) groups is 1. The summed E-state index contributed by atoms with van der Waals surface area (Å²) >= 11 is 0. The smallest absolute Gasteiger partial charge is 0.222 e. The molecule has 1 atom stereocenters. The minimum absolute atomic E-state index is 0.256. The lowest BCUT2D eigenvalue weighted by atomic mass is 9.98. The zero-order valence-corrected chi connectivity index (χ0v) is 18.2. The molecule has 0 saturated carbocycles.